The second-order valence-corrected chi connectivity index (χ2v) is 9.80. The highest BCUT2D eigenvalue weighted by atomic mass is 32.2. The van der Waals surface area contributed by atoms with Crippen LogP contribution in [-0.2, 0) is 20.7 Å². The Hall–Kier alpha value is -3.75. The maximum Gasteiger partial charge on any atom is 0.338 e. The second kappa shape index (κ2) is 11.3. The van der Waals surface area contributed by atoms with E-state index in [1.165, 1.54) is 11.8 Å². The van der Waals surface area contributed by atoms with Crippen molar-refractivity contribution in [2.24, 2.45) is 5.73 Å². The number of ether oxygens (including phenoxy) is 2. The molecule has 1 aromatic carbocycles. The SMILES string of the molecule is CCc1ccc([C@H]2C(C#N)=C(N)OC(CSc3nc(C)c(C)c(C)c3C#N)=C2C(=O)OC(C)C)cc1. The van der Waals surface area contributed by atoms with Crippen LogP contribution in [0.1, 0.15) is 60.2 Å². The molecule has 2 aromatic rings. The lowest BCUT2D eigenvalue weighted by atomic mass is 9.82. The third kappa shape index (κ3) is 5.40. The number of thioether (sulfide) groups is 1. The summed E-state index contributed by atoms with van der Waals surface area (Å²) < 4.78 is 11.4. The molecule has 2 N–H and O–H groups in total. The van der Waals surface area contributed by atoms with Gasteiger partial charge in [0.15, 0.2) is 0 Å². The molecule has 0 saturated heterocycles. The van der Waals surface area contributed by atoms with Crippen LogP contribution in [0.4, 0.5) is 0 Å². The smallest absolute Gasteiger partial charge is 0.338 e. The van der Waals surface area contributed by atoms with Gasteiger partial charge in [0.25, 0.3) is 0 Å². The molecule has 1 aliphatic heterocycles. The van der Waals surface area contributed by atoms with Gasteiger partial charge in [0.05, 0.1) is 28.9 Å². The van der Waals surface area contributed by atoms with E-state index in [-0.39, 0.29) is 34.6 Å². The average molecular weight is 503 g/mol. The largest absolute Gasteiger partial charge is 0.459 e. The van der Waals surface area contributed by atoms with Crippen molar-refractivity contribution in [3.05, 3.63) is 80.6 Å². The topological polar surface area (TPSA) is 122 Å². The molecule has 1 atom stereocenters. The molecule has 2 heterocycles. The lowest BCUT2D eigenvalue weighted by molar-refractivity contribution is -0.143. The Balaban J connectivity index is 2.13. The fraction of sp³-hybridized carbons (Fsp3) is 0.357. The van der Waals surface area contributed by atoms with Crippen molar-refractivity contribution in [3.63, 3.8) is 0 Å². The molecule has 1 aromatic heterocycles. The fourth-order valence-corrected chi connectivity index (χ4v) is 5.01. The zero-order chi connectivity index (χ0) is 26.6. The number of benzene rings is 1. The molecule has 0 saturated carbocycles. The predicted octanol–water partition coefficient (Wildman–Crippen LogP) is 5.25. The normalized spacial score (nSPS) is 15.4. The van der Waals surface area contributed by atoms with Crippen LogP contribution in [-0.4, -0.2) is 22.8 Å². The molecule has 0 fully saturated rings. The number of nitrogens with two attached hydrogens (primary N) is 1. The maximum atomic E-state index is 13.4. The zero-order valence-corrected chi connectivity index (χ0v) is 22.2. The zero-order valence-electron chi connectivity index (χ0n) is 21.4. The van der Waals surface area contributed by atoms with Crippen molar-refractivity contribution < 1.29 is 14.3 Å². The first kappa shape index (κ1) is 26.8. The van der Waals surface area contributed by atoms with Crippen molar-refractivity contribution in [1.29, 1.82) is 10.5 Å². The van der Waals surface area contributed by atoms with Crippen LogP contribution >= 0.6 is 11.8 Å². The summed E-state index contributed by atoms with van der Waals surface area (Å²) in [5.74, 6) is -0.900. The van der Waals surface area contributed by atoms with Crippen LogP contribution in [0.25, 0.3) is 0 Å². The molecule has 3 rings (SSSR count). The first-order chi connectivity index (χ1) is 17.1. The average Bonchev–Trinajstić information content (AvgIpc) is 2.85. The molecule has 0 unspecified atom stereocenters. The highest BCUT2D eigenvalue weighted by Gasteiger charge is 2.38. The van der Waals surface area contributed by atoms with E-state index in [1.54, 1.807) is 13.8 Å². The van der Waals surface area contributed by atoms with Gasteiger partial charge in [-0.3, -0.25) is 0 Å². The number of carbonyl (C=O) groups is 1. The number of pyridine rings is 1. The Morgan fingerprint density at radius 3 is 2.39 bits per heavy atom. The lowest BCUT2D eigenvalue weighted by Gasteiger charge is -2.28. The molecule has 8 heteroatoms. The highest BCUT2D eigenvalue weighted by Crippen LogP contribution is 2.41. The quantitative estimate of drug-likeness (QED) is 0.402. The van der Waals surface area contributed by atoms with Crippen LogP contribution in [0.15, 0.2) is 52.1 Å². The van der Waals surface area contributed by atoms with Gasteiger partial charge in [-0.1, -0.05) is 43.0 Å². The number of nitriles is 2. The summed E-state index contributed by atoms with van der Waals surface area (Å²) in [6.45, 7) is 11.3. The van der Waals surface area contributed by atoms with Crippen molar-refractivity contribution >= 4 is 17.7 Å². The summed E-state index contributed by atoms with van der Waals surface area (Å²) in [6, 6.07) is 12.1. The molecule has 0 aliphatic carbocycles. The van der Waals surface area contributed by atoms with Crippen molar-refractivity contribution in [3.8, 4) is 12.1 Å². The van der Waals surface area contributed by atoms with Gasteiger partial charge >= 0.3 is 5.97 Å². The molecular formula is C28H30N4O3S. The van der Waals surface area contributed by atoms with Crippen molar-refractivity contribution in [1.82, 2.24) is 4.98 Å². The van der Waals surface area contributed by atoms with Crippen molar-refractivity contribution in [2.45, 2.75) is 65.0 Å². The van der Waals surface area contributed by atoms with Gasteiger partial charge in [0.1, 0.15) is 28.5 Å². The van der Waals surface area contributed by atoms with E-state index < -0.39 is 11.9 Å². The van der Waals surface area contributed by atoms with Gasteiger partial charge in [0.2, 0.25) is 5.88 Å². The molecule has 0 amide bonds. The van der Waals surface area contributed by atoms with Crippen molar-refractivity contribution in [2.75, 3.05) is 5.75 Å². The molecule has 0 bridgehead atoms. The van der Waals surface area contributed by atoms with Gasteiger partial charge in [-0.15, -0.1) is 0 Å². The maximum absolute atomic E-state index is 13.4. The Morgan fingerprint density at radius 1 is 1.17 bits per heavy atom. The number of allylic oxidation sites excluding steroid dienone is 1. The molecule has 1 aliphatic rings. The Kier molecular flexibility index (Phi) is 8.45. The molecule has 7 nitrogen and oxygen atoms in total. The van der Waals surface area contributed by atoms with Gasteiger partial charge in [-0.05, 0) is 63.3 Å². The Morgan fingerprint density at radius 2 is 1.83 bits per heavy atom. The summed E-state index contributed by atoms with van der Waals surface area (Å²) in [4.78, 5) is 18.0. The molecule has 0 spiro atoms. The van der Waals surface area contributed by atoms with Gasteiger partial charge in [0, 0.05) is 5.69 Å². The number of aryl methyl sites for hydroxylation is 2. The first-order valence-electron chi connectivity index (χ1n) is 11.7. The van der Waals surface area contributed by atoms with Crippen LogP contribution in [0.5, 0.6) is 0 Å². The molecular weight excluding hydrogens is 472 g/mol. The minimum absolute atomic E-state index is 0.0523. The van der Waals surface area contributed by atoms with E-state index >= 15 is 0 Å². The third-order valence-electron chi connectivity index (χ3n) is 6.20. The van der Waals surface area contributed by atoms with Gasteiger partial charge < -0.3 is 15.2 Å². The number of carbonyl (C=O) groups excluding carboxylic acids is 1. The highest BCUT2D eigenvalue weighted by molar-refractivity contribution is 7.99. The molecule has 186 valence electrons. The number of esters is 1. The third-order valence-corrected chi connectivity index (χ3v) is 7.17. The number of hydrogen-bond acceptors (Lipinski definition) is 8. The first-order valence-corrected chi connectivity index (χ1v) is 12.7. The number of aromatic nitrogens is 1. The molecule has 0 radical (unpaired) electrons. The number of rotatable bonds is 7. The van der Waals surface area contributed by atoms with E-state index in [1.807, 2.05) is 45.0 Å². The summed E-state index contributed by atoms with van der Waals surface area (Å²) in [5.41, 5.74) is 11.6. The summed E-state index contributed by atoms with van der Waals surface area (Å²) in [7, 11) is 0. The van der Waals surface area contributed by atoms with E-state index in [4.69, 9.17) is 15.2 Å². The second-order valence-electron chi connectivity index (χ2n) is 8.84. The summed E-state index contributed by atoms with van der Waals surface area (Å²) in [5, 5.41) is 20.2. The minimum Gasteiger partial charge on any atom is -0.459 e. The van der Waals surface area contributed by atoms with E-state index in [2.05, 4.69) is 24.0 Å². The number of hydrogen-bond donors (Lipinski definition) is 1. The lowest BCUT2D eigenvalue weighted by Crippen LogP contribution is -2.28. The minimum atomic E-state index is -0.735. The Labute approximate surface area is 216 Å². The molecule has 36 heavy (non-hydrogen) atoms. The summed E-state index contributed by atoms with van der Waals surface area (Å²) >= 11 is 1.28. The van der Waals surface area contributed by atoms with E-state index in [0.29, 0.717) is 10.6 Å². The number of nitrogens with zero attached hydrogens (tertiary/aromatic N) is 3. The van der Waals surface area contributed by atoms with E-state index in [0.717, 1.165) is 34.4 Å². The van der Waals surface area contributed by atoms with Crippen LogP contribution in [0.3, 0.4) is 0 Å². The van der Waals surface area contributed by atoms with Crippen LogP contribution < -0.4 is 5.73 Å². The fourth-order valence-electron chi connectivity index (χ4n) is 3.99. The standard InChI is InChI=1S/C28H30N4O3S/c1-7-19-8-10-20(11-9-19)24-22(13-30)26(31)35-23(25(24)28(33)34-15(2)3)14-36-27-21(12-29)17(5)16(4)18(6)32-27/h8-11,15,24H,7,14,31H2,1-6H3/t24-/m0/s1. The van der Waals surface area contributed by atoms with E-state index in [9.17, 15) is 15.3 Å². The monoisotopic (exact) mass is 502 g/mol. The Bertz CT molecular complexity index is 1330. The van der Waals surface area contributed by atoms with Crippen LogP contribution in [0.2, 0.25) is 0 Å². The van der Waals surface area contributed by atoms with Gasteiger partial charge in [-0.25, -0.2) is 9.78 Å². The predicted molar refractivity (Wildman–Crippen MR) is 139 cm³/mol. The summed E-state index contributed by atoms with van der Waals surface area (Å²) in [6.07, 6.45) is 0.492. The van der Waals surface area contributed by atoms with Crippen LogP contribution in [0, 0.1) is 43.4 Å². The van der Waals surface area contributed by atoms with Gasteiger partial charge in [-0.2, -0.15) is 10.5 Å².